The molecular formula is C10H14N6O. The molecule has 0 bridgehead atoms. The molecule has 0 spiro atoms. The van der Waals surface area contributed by atoms with E-state index in [1.54, 1.807) is 24.3 Å². The summed E-state index contributed by atoms with van der Waals surface area (Å²) in [4.78, 5) is 10.8. The second-order valence-corrected chi connectivity index (χ2v) is 3.30. The second kappa shape index (κ2) is 5.50. The van der Waals surface area contributed by atoms with Gasteiger partial charge >= 0.3 is 0 Å². The van der Waals surface area contributed by atoms with E-state index >= 15 is 0 Å². The summed E-state index contributed by atoms with van der Waals surface area (Å²) in [5.41, 5.74) is 6.40. The van der Waals surface area contributed by atoms with Gasteiger partial charge in [0.1, 0.15) is 0 Å². The molecule has 1 rings (SSSR count). The van der Waals surface area contributed by atoms with Crippen LogP contribution < -0.4 is 21.7 Å². The van der Waals surface area contributed by atoms with Crippen molar-refractivity contribution < 1.29 is 4.79 Å². The van der Waals surface area contributed by atoms with Crippen molar-refractivity contribution in [2.24, 2.45) is 5.73 Å². The van der Waals surface area contributed by atoms with Crippen molar-refractivity contribution >= 4 is 29.2 Å². The van der Waals surface area contributed by atoms with Crippen molar-refractivity contribution in [3.63, 3.8) is 0 Å². The maximum absolute atomic E-state index is 10.8. The highest BCUT2D eigenvalue weighted by Gasteiger charge is 1.99. The average Bonchev–Trinajstić information content (AvgIpc) is 2.18. The minimum Gasteiger partial charge on any atom is -0.370 e. The van der Waals surface area contributed by atoms with Gasteiger partial charge in [0.2, 0.25) is 5.91 Å². The molecule has 17 heavy (non-hydrogen) atoms. The van der Waals surface area contributed by atoms with Crippen molar-refractivity contribution in [2.75, 3.05) is 10.6 Å². The third kappa shape index (κ3) is 4.65. The lowest BCUT2D eigenvalue weighted by Crippen LogP contribution is -2.39. The molecule has 1 amide bonds. The molecule has 0 aliphatic carbocycles. The van der Waals surface area contributed by atoms with Crippen molar-refractivity contribution in [1.82, 2.24) is 5.32 Å². The van der Waals surface area contributed by atoms with Gasteiger partial charge in [-0.3, -0.25) is 20.9 Å². The number of hydrogen-bond acceptors (Lipinski definition) is 3. The van der Waals surface area contributed by atoms with E-state index in [0.29, 0.717) is 11.4 Å². The molecule has 1 aromatic carbocycles. The lowest BCUT2D eigenvalue weighted by atomic mass is 10.3. The first-order valence-corrected chi connectivity index (χ1v) is 4.81. The van der Waals surface area contributed by atoms with Crippen LogP contribution in [0.5, 0.6) is 0 Å². The fraction of sp³-hybridized carbons (Fsp3) is 0.100. The number of nitrogens with one attached hydrogen (secondary N) is 5. The summed E-state index contributed by atoms with van der Waals surface area (Å²) in [5.74, 6) is -0.543. The monoisotopic (exact) mass is 234 g/mol. The van der Waals surface area contributed by atoms with Gasteiger partial charge in [-0.2, -0.15) is 0 Å². The van der Waals surface area contributed by atoms with Crippen molar-refractivity contribution in [1.29, 1.82) is 10.8 Å². The maximum atomic E-state index is 10.8. The highest BCUT2D eigenvalue weighted by Crippen LogP contribution is 2.12. The molecule has 7 heteroatoms. The largest absolute Gasteiger partial charge is 0.370 e. The predicted molar refractivity (Wildman–Crippen MR) is 67.1 cm³/mol. The molecule has 0 aliphatic heterocycles. The van der Waals surface area contributed by atoms with E-state index < -0.39 is 0 Å². The number of carbonyl (C=O) groups is 1. The number of rotatable bonds is 2. The fourth-order valence-corrected chi connectivity index (χ4v) is 1.15. The van der Waals surface area contributed by atoms with Crippen LogP contribution in [0.15, 0.2) is 24.3 Å². The van der Waals surface area contributed by atoms with E-state index in [1.165, 1.54) is 6.92 Å². The van der Waals surface area contributed by atoms with Crippen molar-refractivity contribution in [3.05, 3.63) is 24.3 Å². The Morgan fingerprint density at radius 3 is 2.00 bits per heavy atom. The molecule has 0 unspecified atom stereocenters. The smallest absolute Gasteiger partial charge is 0.221 e. The van der Waals surface area contributed by atoms with Gasteiger partial charge < -0.3 is 16.4 Å². The molecule has 0 atom stereocenters. The summed E-state index contributed by atoms with van der Waals surface area (Å²) in [6.07, 6.45) is 0. The van der Waals surface area contributed by atoms with E-state index in [4.69, 9.17) is 16.6 Å². The first kappa shape index (κ1) is 12.5. The number of benzene rings is 1. The Balaban J connectivity index is 2.59. The Labute approximate surface area is 98.4 Å². The molecule has 0 heterocycles. The van der Waals surface area contributed by atoms with Crippen LogP contribution in [-0.4, -0.2) is 17.8 Å². The SMILES string of the molecule is CC(=O)Nc1ccc(NC(=N)NC(=N)N)cc1. The highest BCUT2D eigenvalue weighted by atomic mass is 16.1. The van der Waals surface area contributed by atoms with Crippen LogP contribution in [0.1, 0.15) is 6.92 Å². The molecule has 0 aliphatic rings. The number of guanidine groups is 2. The van der Waals surface area contributed by atoms with Crippen LogP contribution in [0.25, 0.3) is 0 Å². The summed E-state index contributed by atoms with van der Waals surface area (Å²) in [6, 6.07) is 6.79. The lowest BCUT2D eigenvalue weighted by molar-refractivity contribution is -0.114. The number of hydrogen-bond donors (Lipinski definition) is 6. The molecule has 1 aromatic rings. The number of carbonyl (C=O) groups excluding carboxylic acids is 1. The zero-order valence-electron chi connectivity index (χ0n) is 9.29. The Hall–Kier alpha value is -2.57. The van der Waals surface area contributed by atoms with Gasteiger partial charge in [0.15, 0.2) is 11.9 Å². The molecule has 0 radical (unpaired) electrons. The topological polar surface area (TPSA) is 127 Å². The van der Waals surface area contributed by atoms with E-state index in [0.717, 1.165) is 0 Å². The number of amides is 1. The predicted octanol–water partition coefficient (Wildman–Crippen LogP) is 0.475. The van der Waals surface area contributed by atoms with Gasteiger partial charge in [0, 0.05) is 18.3 Å². The first-order valence-electron chi connectivity index (χ1n) is 4.81. The summed E-state index contributed by atoms with van der Waals surface area (Å²) in [5, 5.41) is 22.0. The standard InChI is InChI=1S/C10H14N6O/c1-6(17)14-7-2-4-8(5-3-7)15-10(13)16-9(11)12/h2-5H,1H3,(H,14,17)(H6,11,12,13,15,16). The highest BCUT2D eigenvalue weighted by molar-refractivity contribution is 6.02. The summed E-state index contributed by atoms with van der Waals surface area (Å²) in [7, 11) is 0. The van der Waals surface area contributed by atoms with Gasteiger partial charge in [-0.05, 0) is 24.3 Å². The van der Waals surface area contributed by atoms with E-state index in [-0.39, 0.29) is 17.8 Å². The van der Waals surface area contributed by atoms with E-state index in [9.17, 15) is 4.79 Å². The molecule has 0 saturated heterocycles. The average molecular weight is 234 g/mol. The summed E-state index contributed by atoms with van der Waals surface area (Å²) in [6.45, 7) is 1.43. The number of anilines is 2. The van der Waals surface area contributed by atoms with Gasteiger partial charge in [0.05, 0.1) is 0 Å². The third-order valence-electron chi connectivity index (χ3n) is 1.73. The molecular weight excluding hydrogens is 220 g/mol. The minimum absolute atomic E-state index is 0.0928. The van der Waals surface area contributed by atoms with Crippen LogP contribution in [0.4, 0.5) is 11.4 Å². The fourth-order valence-electron chi connectivity index (χ4n) is 1.15. The van der Waals surface area contributed by atoms with E-state index in [1.807, 2.05) is 0 Å². The quantitative estimate of drug-likeness (QED) is 0.328. The zero-order chi connectivity index (χ0) is 12.8. The first-order chi connectivity index (χ1) is 7.97. The van der Waals surface area contributed by atoms with Crippen LogP contribution >= 0.6 is 0 Å². The van der Waals surface area contributed by atoms with Gasteiger partial charge in [-0.1, -0.05) is 0 Å². The Morgan fingerprint density at radius 1 is 1.12 bits per heavy atom. The molecule has 0 aromatic heterocycles. The van der Waals surface area contributed by atoms with Crippen LogP contribution in [0, 0.1) is 10.8 Å². The normalized spacial score (nSPS) is 9.24. The number of nitrogens with two attached hydrogens (primary N) is 1. The molecule has 0 fully saturated rings. The van der Waals surface area contributed by atoms with Gasteiger partial charge in [-0.25, -0.2) is 0 Å². The zero-order valence-corrected chi connectivity index (χ0v) is 9.29. The minimum atomic E-state index is -0.308. The summed E-state index contributed by atoms with van der Waals surface area (Å²) < 4.78 is 0. The maximum Gasteiger partial charge on any atom is 0.221 e. The van der Waals surface area contributed by atoms with Gasteiger partial charge in [-0.15, -0.1) is 0 Å². The molecule has 7 N–H and O–H groups in total. The Kier molecular flexibility index (Phi) is 4.04. The molecule has 7 nitrogen and oxygen atoms in total. The van der Waals surface area contributed by atoms with Crippen LogP contribution in [0.2, 0.25) is 0 Å². The lowest BCUT2D eigenvalue weighted by Gasteiger charge is -2.09. The second-order valence-electron chi connectivity index (χ2n) is 3.30. The molecule has 0 saturated carbocycles. The summed E-state index contributed by atoms with van der Waals surface area (Å²) >= 11 is 0. The van der Waals surface area contributed by atoms with Crippen molar-refractivity contribution in [2.45, 2.75) is 6.92 Å². The van der Waals surface area contributed by atoms with Crippen molar-refractivity contribution in [3.8, 4) is 0 Å². The van der Waals surface area contributed by atoms with Crippen LogP contribution in [-0.2, 0) is 4.79 Å². The Morgan fingerprint density at radius 2 is 1.59 bits per heavy atom. The van der Waals surface area contributed by atoms with Gasteiger partial charge in [0.25, 0.3) is 0 Å². The Bertz CT molecular complexity index is 439. The molecule has 90 valence electrons. The van der Waals surface area contributed by atoms with E-state index in [2.05, 4.69) is 16.0 Å². The van der Waals surface area contributed by atoms with Crippen LogP contribution in [0.3, 0.4) is 0 Å². The third-order valence-corrected chi connectivity index (χ3v) is 1.73.